The molecular formula is C11H19F5N2O4S. The van der Waals surface area contributed by atoms with Gasteiger partial charge >= 0.3 is 12.1 Å². The molecule has 0 aromatic rings. The molecule has 1 N–H and O–H groups in total. The van der Waals surface area contributed by atoms with Crippen molar-refractivity contribution in [3.05, 3.63) is 0 Å². The minimum atomic E-state index is -5.80. The summed E-state index contributed by atoms with van der Waals surface area (Å²) in [4.78, 5) is 10.5. The van der Waals surface area contributed by atoms with Crippen molar-refractivity contribution in [2.24, 2.45) is 0 Å². The summed E-state index contributed by atoms with van der Waals surface area (Å²) in [6.07, 6.45) is -7.48. The van der Waals surface area contributed by atoms with Crippen LogP contribution in [0.1, 0.15) is 12.8 Å². The molecule has 23 heavy (non-hydrogen) atoms. The van der Waals surface area contributed by atoms with E-state index >= 15 is 0 Å². The Morgan fingerprint density at radius 1 is 1.17 bits per heavy atom. The van der Waals surface area contributed by atoms with E-state index in [1.807, 2.05) is 4.72 Å². The Morgan fingerprint density at radius 2 is 1.70 bits per heavy atom. The topological polar surface area (TPSA) is 86.3 Å². The van der Waals surface area contributed by atoms with Crippen molar-refractivity contribution in [2.75, 3.05) is 39.5 Å². The van der Waals surface area contributed by atoms with Crippen LogP contribution in [0.5, 0.6) is 0 Å². The molecule has 0 saturated heterocycles. The second-order valence-corrected chi connectivity index (χ2v) is 7.63. The van der Waals surface area contributed by atoms with Crippen LogP contribution in [0.25, 0.3) is 0 Å². The van der Waals surface area contributed by atoms with Gasteiger partial charge in [0.05, 0.1) is 32.4 Å². The van der Waals surface area contributed by atoms with Crippen molar-refractivity contribution < 1.29 is 44.8 Å². The van der Waals surface area contributed by atoms with E-state index in [2.05, 4.69) is 0 Å². The zero-order valence-corrected chi connectivity index (χ0v) is 13.4. The molecule has 12 heteroatoms. The zero-order chi connectivity index (χ0) is 18.5. The SMILES string of the molecule is C[N+](C)(CCCNS(=O)(=O)CCC(F)(F)C(F)(F)F)CC(=O)[O-]. The van der Waals surface area contributed by atoms with Crippen molar-refractivity contribution in [3.8, 4) is 0 Å². The van der Waals surface area contributed by atoms with Crippen molar-refractivity contribution >= 4 is 16.0 Å². The molecule has 0 aromatic heterocycles. The summed E-state index contributed by atoms with van der Waals surface area (Å²) in [6.45, 7) is -0.256. The summed E-state index contributed by atoms with van der Waals surface area (Å²) in [6, 6.07) is 0. The zero-order valence-electron chi connectivity index (χ0n) is 12.6. The number of nitrogens with zero attached hydrogens (tertiary/aromatic N) is 1. The number of aliphatic carboxylic acids is 1. The highest BCUT2D eigenvalue weighted by Crippen LogP contribution is 2.38. The van der Waals surface area contributed by atoms with Gasteiger partial charge in [0, 0.05) is 19.4 Å². The fraction of sp³-hybridized carbons (Fsp3) is 0.909. The molecule has 0 aliphatic carbocycles. The molecule has 0 amide bonds. The fourth-order valence-corrected chi connectivity index (χ4v) is 2.76. The van der Waals surface area contributed by atoms with Gasteiger partial charge < -0.3 is 14.4 Å². The monoisotopic (exact) mass is 370 g/mol. The summed E-state index contributed by atoms with van der Waals surface area (Å²) in [5.41, 5.74) is 0. The lowest BCUT2D eigenvalue weighted by Gasteiger charge is -2.30. The lowest BCUT2D eigenvalue weighted by molar-refractivity contribution is -0.884. The number of quaternary nitrogens is 1. The van der Waals surface area contributed by atoms with E-state index in [-0.39, 0.29) is 30.5 Å². The summed E-state index contributed by atoms with van der Waals surface area (Å²) >= 11 is 0. The maximum Gasteiger partial charge on any atom is 0.453 e. The van der Waals surface area contributed by atoms with Crippen LogP contribution in [-0.4, -0.2) is 70.5 Å². The first-order valence-electron chi connectivity index (χ1n) is 6.52. The van der Waals surface area contributed by atoms with Gasteiger partial charge in [-0.2, -0.15) is 22.0 Å². The number of hydrogen-bond donors (Lipinski definition) is 1. The van der Waals surface area contributed by atoms with Gasteiger partial charge in [0.15, 0.2) is 0 Å². The Balaban J connectivity index is 4.28. The number of halogens is 5. The molecule has 0 bridgehead atoms. The van der Waals surface area contributed by atoms with Crippen LogP contribution >= 0.6 is 0 Å². The van der Waals surface area contributed by atoms with E-state index < -0.39 is 40.3 Å². The molecule has 0 saturated carbocycles. The first-order chi connectivity index (χ1) is 10.1. The lowest BCUT2D eigenvalue weighted by Crippen LogP contribution is -2.49. The first-order valence-corrected chi connectivity index (χ1v) is 8.17. The maximum absolute atomic E-state index is 12.6. The van der Waals surface area contributed by atoms with Crippen LogP contribution in [-0.2, 0) is 14.8 Å². The third-order valence-electron chi connectivity index (χ3n) is 2.92. The number of rotatable bonds is 10. The number of carboxylic acids is 1. The molecule has 0 spiro atoms. The quantitative estimate of drug-likeness (QED) is 0.325. The van der Waals surface area contributed by atoms with Crippen LogP contribution in [0.4, 0.5) is 22.0 Å². The number of carboxylic acid groups (broad SMARTS) is 1. The Bertz CT molecular complexity index is 505. The van der Waals surface area contributed by atoms with Gasteiger partial charge in [-0.3, -0.25) is 0 Å². The van der Waals surface area contributed by atoms with E-state index in [1.54, 1.807) is 14.1 Å². The van der Waals surface area contributed by atoms with E-state index in [9.17, 15) is 40.3 Å². The number of nitrogens with one attached hydrogen (secondary N) is 1. The Hall–Kier alpha value is -1.01. The van der Waals surface area contributed by atoms with Crippen LogP contribution in [0, 0.1) is 0 Å². The van der Waals surface area contributed by atoms with Gasteiger partial charge in [0.1, 0.15) is 6.54 Å². The molecule has 138 valence electrons. The number of likely N-dealkylation sites (N-methyl/N-ethyl adjacent to an activating group) is 1. The molecule has 0 heterocycles. The van der Waals surface area contributed by atoms with Gasteiger partial charge in [-0.25, -0.2) is 13.1 Å². The Morgan fingerprint density at radius 3 is 2.13 bits per heavy atom. The number of carbonyl (C=O) groups is 1. The summed E-state index contributed by atoms with van der Waals surface area (Å²) < 4.78 is 85.8. The molecule has 0 unspecified atom stereocenters. The predicted molar refractivity (Wildman–Crippen MR) is 68.9 cm³/mol. The Labute approximate surface area is 130 Å². The average molecular weight is 370 g/mol. The molecule has 0 aliphatic heterocycles. The second kappa shape index (κ2) is 7.71. The van der Waals surface area contributed by atoms with E-state index in [0.29, 0.717) is 0 Å². The highest BCUT2D eigenvalue weighted by Gasteiger charge is 2.57. The third kappa shape index (κ3) is 9.01. The molecule has 0 atom stereocenters. The average Bonchev–Trinajstić information content (AvgIpc) is 2.30. The first kappa shape index (κ1) is 22.0. The second-order valence-electron chi connectivity index (χ2n) is 5.71. The van der Waals surface area contributed by atoms with Crippen molar-refractivity contribution in [1.82, 2.24) is 4.72 Å². The molecule has 6 nitrogen and oxygen atoms in total. The Kier molecular flexibility index (Phi) is 7.37. The minimum Gasteiger partial charge on any atom is -0.544 e. The van der Waals surface area contributed by atoms with Gasteiger partial charge in [0.25, 0.3) is 0 Å². The lowest BCUT2D eigenvalue weighted by atomic mass is 10.2. The smallest absolute Gasteiger partial charge is 0.453 e. The van der Waals surface area contributed by atoms with Gasteiger partial charge in [-0.1, -0.05) is 0 Å². The standard InChI is InChI=1S/C11H19F5N2O4S/c1-18(2,8-9(19)20)6-3-5-17-23(21,22)7-4-10(12,13)11(14,15)16/h17H,3-8H2,1-2H3. The molecule has 0 aromatic carbocycles. The normalized spacial score (nSPS) is 14.0. The molecule has 0 radical (unpaired) electrons. The van der Waals surface area contributed by atoms with Gasteiger partial charge in [0.2, 0.25) is 10.0 Å². The minimum absolute atomic E-state index is 0.0101. The molecular weight excluding hydrogens is 351 g/mol. The van der Waals surface area contributed by atoms with Gasteiger partial charge in [-0.15, -0.1) is 0 Å². The summed E-state index contributed by atoms with van der Waals surface area (Å²) in [5, 5.41) is 10.5. The highest BCUT2D eigenvalue weighted by molar-refractivity contribution is 7.89. The largest absolute Gasteiger partial charge is 0.544 e. The molecule has 0 rings (SSSR count). The van der Waals surface area contributed by atoms with E-state index in [4.69, 9.17) is 0 Å². The fourth-order valence-electron chi connectivity index (χ4n) is 1.64. The number of hydrogen-bond acceptors (Lipinski definition) is 4. The number of carbonyl (C=O) groups excluding carboxylic acids is 1. The van der Waals surface area contributed by atoms with Gasteiger partial charge in [-0.05, 0) is 0 Å². The maximum atomic E-state index is 12.6. The van der Waals surface area contributed by atoms with E-state index in [0.717, 1.165) is 0 Å². The number of alkyl halides is 5. The van der Waals surface area contributed by atoms with Crippen molar-refractivity contribution in [1.29, 1.82) is 0 Å². The summed E-state index contributed by atoms with van der Waals surface area (Å²) in [7, 11) is -1.15. The van der Waals surface area contributed by atoms with Crippen LogP contribution in [0.2, 0.25) is 0 Å². The van der Waals surface area contributed by atoms with E-state index in [1.165, 1.54) is 0 Å². The molecule has 0 aliphatic rings. The number of sulfonamides is 1. The molecule has 0 fully saturated rings. The van der Waals surface area contributed by atoms with Crippen LogP contribution < -0.4 is 9.83 Å². The third-order valence-corrected chi connectivity index (χ3v) is 4.30. The van der Waals surface area contributed by atoms with Crippen molar-refractivity contribution in [3.63, 3.8) is 0 Å². The summed E-state index contributed by atoms with van der Waals surface area (Å²) in [5.74, 6) is -7.73. The van der Waals surface area contributed by atoms with Crippen molar-refractivity contribution in [2.45, 2.75) is 24.9 Å². The predicted octanol–water partition coefficient (Wildman–Crippen LogP) is -0.290. The van der Waals surface area contributed by atoms with Crippen LogP contribution in [0.3, 0.4) is 0 Å². The van der Waals surface area contributed by atoms with Crippen LogP contribution in [0.15, 0.2) is 0 Å². The highest BCUT2D eigenvalue weighted by atomic mass is 32.2.